The van der Waals surface area contributed by atoms with Crippen LogP contribution in [0.4, 0.5) is 0 Å². The number of hydrogen-bond acceptors (Lipinski definition) is 3. The summed E-state index contributed by atoms with van der Waals surface area (Å²) in [6, 6.07) is 2.23. The van der Waals surface area contributed by atoms with E-state index >= 15 is 0 Å². The molecule has 0 radical (unpaired) electrons. The molecule has 0 aliphatic carbocycles. The van der Waals surface area contributed by atoms with E-state index in [1.165, 1.54) is 6.07 Å². The largest absolute Gasteiger partial charge is 2.00 e. The minimum absolute atomic E-state index is 0. The van der Waals surface area contributed by atoms with Crippen molar-refractivity contribution in [1.29, 1.82) is 0 Å². The zero-order valence-corrected chi connectivity index (χ0v) is 12.0. The van der Waals surface area contributed by atoms with Gasteiger partial charge in [-0.1, -0.05) is 34.8 Å². The molecule has 0 spiro atoms. The first-order chi connectivity index (χ1) is 5.84. The smallest absolute Gasteiger partial charge is 0.683 e. The minimum Gasteiger partial charge on any atom is -0.683 e. The van der Waals surface area contributed by atoms with Crippen LogP contribution in [0, 0.1) is 0 Å². The molecule has 1 aromatic carbocycles. The Morgan fingerprint density at radius 2 is 1.43 bits per heavy atom. The summed E-state index contributed by atoms with van der Waals surface area (Å²) >= 11 is 16.5. The van der Waals surface area contributed by atoms with Gasteiger partial charge in [0.05, 0.1) is 15.3 Å². The second-order valence-electron chi connectivity index (χ2n) is 2.19. The zero-order chi connectivity index (χ0) is 10.2. The molecular formula is C6H2CaCl3O3P. The standard InChI is InChI=1S/C6H4Cl3O3P.Ca/c7-3-1-2-4(13(10,11)12)6(9)5(3)8;/h1-2H,(H2,10,11,12);/q;+2/p-2. The predicted octanol–water partition coefficient (Wildman–Crippen LogP) is -0.265. The molecule has 72 valence electrons. The Hall–Kier alpha value is 1.66. The van der Waals surface area contributed by atoms with Crippen molar-refractivity contribution in [2.45, 2.75) is 0 Å². The zero-order valence-electron chi connectivity index (χ0n) is 6.67. The second kappa shape index (κ2) is 5.83. The molecule has 1 rings (SSSR count). The van der Waals surface area contributed by atoms with Gasteiger partial charge in [-0.25, -0.2) is 0 Å². The van der Waals surface area contributed by atoms with E-state index in [1.54, 1.807) is 0 Å². The van der Waals surface area contributed by atoms with Crippen molar-refractivity contribution in [3.63, 3.8) is 0 Å². The van der Waals surface area contributed by atoms with Crippen molar-refractivity contribution >= 4 is 85.8 Å². The van der Waals surface area contributed by atoms with E-state index in [0.717, 1.165) is 6.07 Å². The van der Waals surface area contributed by atoms with Gasteiger partial charge in [0.25, 0.3) is 0 Å². The molecule has 0 heterocycles. The van der Waals surface area contributed by atoms with Gasteiger partial charge in [0.1, 0.15) is 5.02 Å². The molecule has 0 aliphatic heterocycles. The average Bonchev–Trinajstić information content (AvgIpc) is 1.98. The van der Waals surface area contributed by atoms with E-state index in [-0.39, 0.29) is 52.8 Å². The number of halogens is 3. The Bertz CT molecular complexity index is 342. The molecule has 0 atom stereocenters. The van der Waals surface area contributed by atoms with Crippen molar-refractivity contribution < 1.29 is 14.7 Å². The van der Waals surface area contributed by atoms with Crippen LogP contribution in [0.15, 0.2) is 12.1 Å². The van der Waals surface area contributed by atoms with Gasteiger partial charge < -0.3 is 14.7 Å². The van der Waals surface area contributed by atoms with Gasteiger partial charge in [0.2, 0.25) is 0 Å². The maximum atomic E-state index is 10.6. The summed E-state index contributed by atoms with van der Waals surface area (Å²) in [6.45, 7) is 0. The van der Waals surface area contributed by atoms with Gasteiger partial charge in [0.15, 0.2) is 0 Å². The van der Waals surface area contributed by atoms with E-state index in [2.05, 4.69) is 0 Å². The van der Waals surface area contributed by atoms with E-state index in [9.17, 15) is 14.7 Å². The Balaban J connectivity index is 0.00000169. The van der Waals surface area contributed by atoms with Crippen molar-refractivity contribution in [2.75, 3.05) is 0 Å². The van der Waals surface area contributed by atoms with Crippen LogP contribution < -0.4 is 20.0 Å². The van der Waals surface area contributed by atoms with E-state index in [4.69, 9.17) is 34.8 Å². The molecule has 0 aromatic heterocycles. The molecule has 14 heavy (non-hydrogen) atoms. The summed E-state index contributed by atoms with van der Waals surface area (Å²) < 4.78 is 0. The molecule has 0 aliphatic rings. The SMILES string of the molecule is [Ca+2].[O-][P+]([O-])([O-])c1ccc(Cl)c(Cl)c1Cl. The first kappa shape index (κ1) is 15.7. The summed E-state index contributed by atoms with van der Waals surface area (Å²) in [5.74, 6) is 0. The summed E-state index contributed by atoms with van der Waals surface area (Å²) in [7, 11) is -4.88. The minimum atomic E-state index is -4.88. The first-order valence-electron chi connectivity index (χ1n) is 3.00. The first-order valence-corrected chi connectivity index (χ1v) is 5.68. The second-order valence-corrected chi connectivity index (χ2v) is 4.83. The Morgan fingerprint density at radius 1 is 0.929 bits per heavy atom. The molecule has 1 aromatic rings. The Labute approximate surface area is 126 Å². The molecule has 3 nitrogen and oxygen atoms in total. The third-order valence-electron chi connectivity index (χ3n) is 1.31. The topological polar surface area (TPSA) is 69.2 Å². The fourth-order valence-electron chi connectivity index (χ4n) is 0.727. The molecule has 0 unspecified atom stereocenters. The van der Waals surface area contributed by atoms with Gasteiger partial charge in [-0.3, -0.25) is 0 Å². The maximum absolute atomic E-state index is 10.6. The third kappa shape index (κ3) is 3.60. The predicted molar refractivity (Wildman–Crippen MR) is 53.8 cm³/mol. The normalized spacial score (nSPS) is 11.0. The van der Waals surface area contributed by atoms with Gasteiger partial charge in [-0.05, 0) is 12.1 Å². The van der Waals surface area contributed by atoms with E-state index in [0.29, 0.717) is 0 Å². The number of rotatable bonds is 1. The molecule has 0 saturated carbocycles. The maximum Gasteiger partial charge on any atom is 2.00 e. The van der Waals surface area contributed by atoms with Crippen LogP contribution in [-0.4, -0.2) is 37.7 Å². The van der Waals surface area contributed by atoms with E-state index < -0.39 is 13.2 Å². The molecule has 0 saturated heterocycles. The fraction of sp³-hybridized carbons (Fsp3) is 0. The molecule has 0 bridgehead atoms. The van der Waals surface area contributed by atoms with Crippen LogP contribution in [-0.2, 0) is 0 Å². The number of benzene rings is 1. The monoisotopic (exact) mass is 298 g/mol. The van der Waals surface area contributed by atoms with Gasteiger partial charge in [-0.2, -0.15) is 0 Å². The summed E-state index contributed by atoms with van der Waals surface area (Å²) in [4.78, 5) is 31.8. The quantitative estimate of drug-likeness (QED) is 0.407. The van der Waals surface area contributed by atoms with Crippen LogP contribution in [0.25, 0.3) is 0 Å². The molecule has 8 heteroatoms. The summed E-state index contributed by atoms with van der Waals surface area (Å²) in [5, 5.41) is -0.900. The van der Waals surface area contributed by atoms with Gasteiger partial charge >= 0.3 is 37.7 Å². The average molecular weight is 299 g/mol. The Morgan fingerprint density at radius 3 is 1.86 bits per heavy atom. The summed E-state index contributed by atoms with van der Waals surface area (Å²) in [5.41, 5.74) is 0. The summed E-state index contributed by atoms with van der Waals surface area (Å²) in [6.07, 6.45) is 0. The van der Waals surface area contributed by atoms with Crippen LogP contribution in [0.3, 0.4) is 0 Å². The Kier molecular flexibility index (Phi) is 6.52. The van der Waals surface area contributed by atoms with Crippen molar-refractivity contribution in [3.8, 4) is 0 Å². The van der Waals surface area contributed by atoms with Crippen LogP contribution in [0.1, 0.15) is 0 Å². The van der Waals surface area contributed by atoms with Gasteiger partial charge in [0, 0.05) is 0 Å². The van der Waals surface area contributed by atoms with E-state index in [1.807, 2.05) is 0 Å². The fourth-order valence-corrected chi connectivity index (χ4v) is 2.25. The van der Waals surface area contributed by atoms with Gasteiger partial charge in [-0.15, -0.1) is 7.94 Å². The van der Waals surface area contributed by atoms with Crippen LogP contribution in [0.5, 0.6) is 0 Å². The number of hydrogen-bond donors (Lipinski definition) is 0. The third-order valence-corrected chi connectivity index (χ3v) is 3.70. The molecular weight excluding hydrogens is 297 g/mol. The van der Waals surface area contributed by atoms with Crippen molar-refractivity contribution in [2.24, 2.45) is 0 Å². The molecule has 0 amide bonds. The van der Waals surface area contributed by atoms with Crippen LogP contribution in [0.2, 0.25) is 15.1 Å². The van der Waals surface area contributed by atoms with Crippen molar-refractivity contribution in [3.05, 3.63) is 27.2 Å². The molecule has 0 N–H and O–H groups in total. The molecule has 0 fully saturated rings. The van der Waals surface area contributed by atoms with Crippen LogP contribution >= 0.6 is 42.7 Å². The van der Waals surface area contributed by atoms with Crippen molar-refractivity contribution in [1.82, 2.24) is 0 Å².